The highest BCUT2D eigenvalue weighted by atomic mass is 16.5. The number of benzene rings is 1. The zero-order valence-corrected chi connectivity index (χ0v) is 9.12. The van der Waals surface area contributed by atoms with Crippen molar-refractivity contribution in [3.63, 3.8) is 0 Å². The Morgan fingerprint density at radius 1 is 1.53 bits per heavy atom. The van der Waals surface area contributed by atoms with Gasteiger partial charge in [-0.15, -0.1) is 0 Å². The number of nitrogens with two attached hydrogens (primary N) is 1. The maximum absolute atomic E-state index is 5.76. The second-order valence-electron chi connectivity index (χ2n) is 4.00. The van der Waals surface area contributed by atoms with Crippen molar-refractivity contribution in [2.75, 3.05) is 26.0 Å². The van der Waals surface area contributed by atoms with Gasteiger partial charge in [0.05, 0.1) is 6.61 Å². The Morgan fingerprint density at radius 3 is 3.20 bits per heavy atom. The van der Waals surface area contributed by atoms with Crippen molar-refractivity contribution < 1.29 is 4.74 Å². The Balaban J connectivity index is 2.02. The number of ether oxygens (including phenoxy) is 1. The van der Waals surface area contributed by atoms with Gasteiger partial charge in [0.2, 0.25) is 0 Å². The van der Waals surface area contributed by atoms with Gasteiger partial charge in [0.25, 0.3) is 0 Å². The van der Waals surface area contributed by atoms with E-state index in [2.05, 4.69) is 17.4 Å². The lowest BCUT2D eigenvalue weighted by Gasteiger charge is -2.13. The van der Waals surface area contributed by atoms with Crippen LogP contribution in [-0.4, -0.2) is 20.3 Å². The molecule has 15 heavy (non-hydrogen) atoms. The Labute approximate surface area is 90.6 Å². The number of methoxy groups -OCH3 is 1. The highest BCUT2D eigenvalue weighted by Crippen LogP contribution is 2.31. The lowest BCUT2D eigenvalue weighted by molar-refractivity contribution is 0.195. The van der Waals surface area contributed by atoms with E-state index in [-0.39, 0.29) is 0 Å². The van der Waals surface area contributed by atoms with Crippen molar-refractivity contribution in [3.8, 4) is 0 Å². The average Bonchev–Trinajstić information content (AvgIpc) is 2.61. The summed E-state index contributed by atoms with van der Waals surface area (Å²) in [5.74, 6) is 0. The van der Waals surface area contributed by atoms with Crippen LogP contribution >= 0.6 is 0 Å². The van der Waals surface area contributed by atoms with Gasteiger partial charge < -0.3 is 15.8 Å². The first-order valence-electron chi connectivity index (χ1n) is 5.42. The molecule has 3 N–H and O–H groups in total. The Bertz CT molecular complexity index is 338. The van der Waals surface area contributed by atoms with Crippen LogP contribution in [0.15, 0.2) is 18.2 Å². The fraction of sp³-hybridized carbons (Fsp3) is 0.500. The van der Waals surface area contributed by atoms with Gasteiger partial charge in [-0.3, -0.25) is 0 Å². The third kappa shape index (κ3) is 2.30. The van der Waals surface area contributed by atoms with Crippen molar-refractivity contribution in [1.29, 1.82) is 0 Å². The molecule has 1 unspecified atom stereocenters. The van der Waals surface area contributed by atoms with Crippen molar-refractivity contribution in [2.45, 2.75) is 18.9 Å². The zero-order chi connectivity index (χ0) is 10.7. The first-order chi connectivity index (χ1) is 7.31. The van der Waals surface area contributed by atoms with Gasteiger partial charge in [0.15, 0.2) is 0 Å². The molecule has 0 spiro atoms. The van der Waals surface area contributed by atoms with Gasteiger partial charge in [-0.1, -0.05) is 6.07 Å². The van der Waals surface area contributed by atoms with Crippen molar-refractivity contribution >= 4 is 5.69 Å². The summed E-state index contributed by atoms with van der Waals surface area (Å²) in [6.45, 7) is 1.67. The minimum atomic E-state index is 0.482. The zero-order valence-electron chi connectivity index (χ0n) is 9.12. The molecule has 0 bridgehead atoms. The largest absolute Gasteiger partial charge is 0.399 e. The fourth-order valence-corrected chi connectivity index (χ4v) is 2.18. The van der Waals surface area contributed by atoms with Gasteiger partial charge in [-0.25, -0.2) is 0 Å². The molecule has 0 saturated carbocycles. The van der Waals surface area contributed by atoms with Crippen LogP contribution in [0, 0.1) is 0 Å². The minimum Gasteiger partial charge on any atom is -0.399 e. The molecule has 1 aromatic carbocycles. The monoisotopic (exact) mass is 206 g/mol. The molecule has 0 saturated heterocycles. The first kappa shape index (κ1) is 10.5. The number of rotatable bonds is 4. The highest BCUT2D eigenvalue weighted by molar-refractivity contribution is 5.47. The van der Waals surface area contributed by atoms with Gasteiger partial charge >= 0.3 is 0 Å². The Hall–Kier alpha value is -1.06. The van der Waals surface area contributed by atoms with Crippen molar-refractivity contribution in [2.24, 2.45) is 0 Å². The van der Waals surface area contributed by atoms with E-state index in [1.54, 1.807) is 7.11 Å². The molecule has 1 aliphatic rings. The summed E-state index contributed by atoms with van der Waals surface area (Å²) in [7, 11) is 1.73. The van der Waals surface area contributed by atoms with Crippen molar-refractivity contribution in [3.05, 3.63) is 29.3 Å². The third-order valence-electron chi connectivity index (χ3n) is 2.94. The van der Waals surface area contributed by atoms with Gasteiger partial charge in [-0.05, 0) is 36.1 Å². The molecule has 0 radical (unpaired) electrons. The van der Waals surface area contributed by atoms with Crippen LogP contribution in [-0.2, 0) is 11.2 Å². The van der Waals surface area contributed by atoms with E-state index in [0.29, 0.717) is 6.04 Å². The summed E-state index contributed by atoms with van der Waals surface area (Å²) in [5, 5.41) is 3.49. The third-order valence-corrected chi connectivity index (χ3v) is 2.94. The minimum absolute atomic E-state index is 0.482. The van der Waals surface area contributed by atoms with E-state index >= 15 is 0 Å². The van der Waals surface area contributed by atoms with E-state index in [4.69, 9.17) is 10.5 Å². The molecule has 82 valence electrons. The van der Waals surface area contributed by atoms with E-state index in [0.717, 1.165) is 25.3 Å². The number of hydrogen-bond acceptors (Lipinski definition) is 3. The lowest BCUT2D eigenvalue weighted by Crippen LogP contribution is -2.23. The van der Waals surface area contributed by atoms with Gasteiger partial charge in [0, 0.05) is 25.4 Å². The first-order valence-corrected chi connectivity index (χ1v) is 5.42. The van der Waals surface area contributed by atoms with Gasteiger partial charge in [-0.2, -0.15) is 0 Å². The molecule has 0 amide bonds. The van der Waals surface area contributed by atoms with Crippen LogP contribution in [0.4, 0.5) is 5.69 Å². The van der Waals surface area contributed by atoms with E-state index < -0.39 is 0 Å². The molecular weight excluding hydrogens is 188 g/mol. The normalized spacial score (nSPS) is 19.1. The Kier molecular flexibility index (Phi) is 3.23. The second kappa shape index (κ2) is 4.64. The fourth-order valence-electron chi connectivity index (χ4n) is 2.18. The lowest BCUT2D eigenvalue weighted by atomic mass is 10.1. The molecule has 0 fully saturated rings. The predicted octanol–water partition coefficient (Wildman–Crippen LogP) is 1.49. The summed E-state index contributed by atoms with van der Waals surface area (Å²) in [6, 6.07) is 6.70. The molecule has 1 atom stereocenters. The number of aryl methyl sites for hydroxylation is 1. The highest BCUT2D eigenvalue weighted by Gasteiger charge is 2.21. The Morgan fingerprint density at radius 2 is 2.40 bits per heavy atom. The smallest absolute Gasteiger partial charge is 0.0587 e. The SMILES string of the molecule is COCCNC1CCc2cc(N)ccc21. The predicted molar refractivity (Wildman–Crippen MR) is 61.8 cm³/mol. The van der Waals surface area contributed by atoms with Crippen LogP contribution < -0.4 is 11.1 Å². The van der Waals surface area contributed by atoms with E-state index in [1.165, 1.54) is 17.5 Å². The number of fused-ring (bicyclic) bond motifs is 1. The molecule has 3 heteroatoms. The van der Waals surface area contributed by atoms with Crippen LogP contribution in [0.3, 0.4) is 0 Å². The van der Waals surface area contributed by atoms with Crippen LogP contribution in [0.5, 0.6) is 0 Å². The molecule has 1 aromatic rings. The summed E-state index contributed by atoms with van der Waals surface area (Å²) >= 11 is 0. The van der Waals surface area contributed by atoms with Gasteiger partial charge in [0.1, 0.15) is 0 Å². The summed E-state index contributed by atoms with van der Waals surface area (Å²) in [6.07, 6.45) is 2.30. The van der Waals surface area contributed by atoms with Crippen LogP contribution in [0.1, 0.15) is 23.6 Å². The molecule has 1 aliphatic carbocycles. The maximum atomic E-state index is 5.76. The molecule has 0 heterocycles. The van der Waals surface area contributed by atoms with Crippen LogP contribution in [0.2, 0.25) is 0 Å². The summed E-state index contributed by atoms with van der Waals surface area (Å²) < 4.78 is 5.03. The number of nitrogens with one attached hydrogen (secondary N) is 1. The number of nitrogen functional groups attached to an aromatic ring is 1. The molecular formula is C12H18N2O. The van der Waals surface area contributed by atoms with Crippen molar-refractivity contribution in [1.82, 2.24) is 5.32 Å². The molecule has 0 aliphatic heterocycles. The second-order valence-corrected chi connectivity index (χ2v) is 4.00. The molecule has 2 rings (SSSR count). The van der Waals surface area contributed by atoms with E-state index in [9.17, 15) is 0 Å². The van der Waals surface area contributed by atoms with E-state index in [1.807, 2.05) is 6.07 Å². The average molecular weight is 206 g/mol. The van der Waals surface area contributed by atoms with Crippen LogP contribution in [0.25, 0.3) is 0 Å². The quantitative estimate of drug-likeness (QED) is 0.579. The molecule has 0 aromatic heterocycles. The summed E-state index contributed by atoms with van der Waals surface area (Å²) in [5.41, 5.74) is 9.42. The molecule has 3 nitrogen and oxygen atoms in total. The topological polar surface area (TPSA) is 47.3 Å². The number of hydrogen-bond donors (Lipinski definition) is 2. The summed E-state index contributed by atoms with van der Waals surface area (Å²) in [4.78, 5) is 0. The number of anilines is 1. The standard InChI is InChI=1S/C12H18N2O/c1-15-7-6-14-12-5-2-9-8-10(13)3-4-11(9)12/h3-4,8,12,14H,2,5-7,13H2,1H3. The maximum Gasteiger partial charge on any atom is 0.0587 e.